The summed E-state index contributed by atoms with van der Waals surface area (Å²) in [5, 5.41) is 82.8. The van der Waals surface area contributed by atoms with E-state index < -0.39 is 58.7 Å². The van der Waals surface area contributed by atoms with Crippen LogP contribution in [0.25, 0.3) is 78.7 Å². The van der Waals surface area contributed by atoms with E-state index in [0.29, 0.717) is 148 Å². The molecule has 1 saturated carbocycles. The van der Waals surface area contributed by atoms with Crippen molar-refractivity contribution in [3.05, 3.63) is 275 Å². The molecular weight excluding hydrogens is 1910 g/mol. The fourth-order valence-electron chi connectivity index (χ4n) is 21.0. The number of amides is 2. The molecule has 2 unspecified atom stereocenters. The number of benzene rings is 8. The van der Waals surface area contributed by atoms with Crippen molar-refractivity contribution >= 4 is 69.4 Å². The average Bonchev–Trinajstić information content (AvgIpc) is 1.59. The van der Waals surface area contributed by atoms with Crippen molar-refractivity contribution in [2.24, 2.45) is 0 Å². The summed E-state index contributed by atoms with van der Waals surface area (Å²) in [7, 11) is 0. The minimum absolute atomic E-state index is 0.00336. The molecule has 35 heteroatoms. The minimum Gasteiger partial charge on any atom is -0.508 e. The van der Waals surface area contributed by atoms with Crippen molar-refractivity contribution in [2.45, 2.75) is 221 Å². The fourth-order valence-corrected chi connectivity index (χ4v) is 21.0. The van der Waals surface area contributed by atoms with E-state index in [1.165, 1.54) is 44.5 Å². The van der Waals surface area contributed by atoms with E-state index in [0.717, 1.165) is 77.2 Å². The molecule has 0 spiro atoms. The van der Waals surface area contributed by atoms with Gasteiger partial charge < -0.3 is 83.1 Å². The normalized spacial score (nSPS) is 16.0. The third kappa shape index (κ3) is 19.7. The summed E-state index contributed by atoms with van der Waals surface area (Å²) in [6.07, 6.45) is 6.64. The number of nitrogens with one attached hydrogen (secondary N) is 1. The summed E-state index contributed by atoms with van der Waals surface area (Å²) < 4.78 is 46.5. The molecule has 2 atom stereocenters. The van der Waals surface area contributed by atoms with Crippen LogP contribution in [0.4, 0.5) is 0 Å². The molecule has 768 valence electrons. The molecule has 1 aliphatic carbocycles. The number of carbonyl (C=O) groups is 8. The lowest BCUT2D eigenvalue weighted by Gasteiger charge is -2.36. The first-order chi connectivity index (χ1) is 71.7. The van der Waals surface area contributed by atoms with Crippen LogP contribution in [0.5, 0.6) is 51.7 Å². The first-order valence-electron chi connectivity index (χ1n) is 50.3. The molecule has 8 aromatic carbocycles. The van der Waals surface area contributed by atoms with Gasteiger partial charge in [-0.25, -0.2) is 19.6 Å². The number of cyclic esters (lactones) is 2. The van der Waals surface area contributed by atoms with Crippen LogP contribution in [0.15, 0.2) is 179 Å². The Hall–Kier alpha value is -16.9. The number of rotatable bonds is 26. The predicted octanol–water partition coefficient (Wildman–Crippen LogP) is 18.4. The number of aromatic carboxylic acids is 1. The number of piperidine rings is 1. The Labute approximate surface area is 856 Å². The van der Waals surface area contributed by atoms with Crippen molar-refractivity contribution in [2.75, 3.05) is 26.2 Å². The van der Waals surface area contributed by atoms with Crippen LogP contribution >= 0.6 is 0 Å². The Morgan fingerprint density at radius 1 is 0.483 bits per heavy atom. The molecule has 6 aliphatic rings. The van der Waals surface area contributed by atoms with Gasteiger partial charge in [0, 0.05) is 83.4 Å². The number of hydrogen-bond acceptors (Lipinski definition) is 28. The minimum atomic E-state index is -1.46. The summed E-state index contributed by atoms with van der Waals surface area (Å²) in [4.78, 5) is 144. The van der Waals surface area contributed by atoms with Crippen LogP contribution in [0, 0.1) is 6.92 Å². The summed E-state index contributed by atoms with van der Waals surface area (Å²) in [6.45, 7) is 22.5. The maximum atomic E-state index is 14.2. The smallest absolute Gasteiger partial charge is 0.376 e. The zero-order valence-electron chi connectivity index (χ0n) is 84.4. The number of carboxylic acids is 1. The molecule has 35 nitrogen and oxygen atoms in total. The Bertz CT molecular complexity index is 7810. The van der Waals surface area contributed by atoms with E-state index in [1.807, 2.05) is 65.8 Å². The standard InChI is InChI=1S/C56H55N7O11.C31H34N2O5.C27H25N3O7/c1-6-37-39-23-33(64)13-18-44(39)58-49-41(37)28-62-45(49)25-43-42(54(62)70)29-72-55(71)56(43,7-2)27-48(67)74-36-19-21-61(22-20-36)53(69)31-9-14-34(15-10-31)73-35-16-11-32(12-17-35)63-50(59-60-51(63)52(68)57-8-3)40-24-38(30(4)5)46(65)26-47(40)66;1-4-20-21-13-18(3)11-12-25(21)32-28-22(20)16-33-26(28)14-24-23(29(33)35)17-37-30(36)31(24,5-2)15-27(34)38-19-9-7-6-8-10-19;1-4-36-27(35)25-29-28-24(21-13-20(15(2)3)22(31)14-23(21)32)30(25)17-7-11-19(12-8-17)37-18-9-5-16(6-10-18)26(33)34/h9-18,23-26,30,36,64-66H,6-8,19-22,27-29H2,1-5H3,(H,57,68);11-14,19H,4-10,15-17H2,1-3H3;5-15,31-32H,4H2,1-3H3,(H,33,34). The number of carbonyl (C=O) groups excluding carboxylic acids is 7. The van der Waals surface area contributed by atoms with E-state index in [2.05, 4.69) is 45.6 Å². The molecule has 0 bridgehead atoms. The number of aromatic nitrogens is 10. The lowest BCUT2D eigenvalue weighted by molar-refractivity contribution is -0.163. The number of esters is 5. The van der Waals surface area contributed by atoms with Gasteiger partial charge >= 0.3 is 35.8 Å². The third-order valence-electron chi connectivity index (χ3n) is 28.9. The first-order valence-corrected chi connectivity index (χ1v) is 50.3. The average molecular weight is 2020 g/mol. The highest BCUT2D eigenvalue weighted by Gasteiger charge is 2.52. The summed E-state index contributed by atoms with van der Waals surface area (Å²) >= 11 is 0. The van der Waals surface area contributed by atoms with Gasteiger partial charge in [0.05, 0.1) is 94.2 Å². The summed E-state index contributed by atoms with van der Waals surface area (Å²) in [5.41, 5.74) is 11.4. The molecular formula is C114H114N12O23. The molecule has 6 aromatic heterocycles. The Balaban J connectivity index is 0.000000162. The highest BCUT2D eigenvalue weighted by Crippen LogP contribution is 2.49. The topological polar surface area (TPSA) is 469 Å². The highest BCUT2D eigenvalue weighted by atomic mass is 16.6. The lowest BCUT2D eigenvalue weighted by atomic mass is 9.72. The van der Waals surface area contributed by atoms with Crippen LogP contribution in [-0.4, -0.2) is 170 Å². The molecule has 7 N–H and O–H groups in total. The van der Waals surface area contributed by atoms with Crippen LogP contribution in [0.3, 0.4) is 0 Å². The largest absolute Gasteiger partial charge is 0.508 e. The van der Waals surface area contributed by atoms with Crippen LogP contribution in [0.1, 0.15) is 255 Å². The zero-order chi connectivity index (χ0) is 105. The van der Waals surface area contributed by atoms with Crippen LogP contribution in [0.2, 0.25) is 0 Å². The Morgan fingerprint density at radius 2 is 0.919 bits per heavy atom. The number of likely N-dealkylation sites (tertiary alicyclic amines) is 1. The number of hydrogen-bond donors (Lipinski definition) is 7. The summed E-state index contributed by atoms with van der Waals surface area (Å²) in [6, 6.07) is 46.9. The van der Waals surface area contributed by atoms with Gasteiger partial charge in [-0.3, -0.25) is 47.5 Å². The molecule has 149 heavy (non-hydrogen) atoms. The van der Waals surface area contributed by atoms with Crippen molar-refractivity contribution in [3.8, 4) is 109 Å². The lowest BCUT2D eigenvalue weighted by Crippen LogP contribution is -2.47. The van der Waals surface area contributed by atoms with E-state index in [1.54, 1.807) is 150 Å². The monoisotopic (exact) mass is 2020 g/mol. The van der Waals surface area contributed by atoms with Gasteiger partial charge in [-0.05, 0) is 269 Å². The van der Waals surface area contributed by atoms with Gasteiger partial charge in [-0.2, -0.15) is 0 Å². The molecule has 2 fully saturated rings. The molecule has 5 aliphatic heterocycles. The number of aromatic hydroxyl groups is 5. The van der Waals surface area contributed by atoms with E-state index >= 15 is 0 Å². The summed E-state index contributed by atoms with van der Waals surface area (Å²) in [5.74, 6) is -2.88. The van der Waals surface area contributed by atoms with Crippen LogP contribution in [-0.2, 0) is 92.8 Å². The molecule has 2 amide bonds. The van der Waals surface area contributed by atoms with Gasteiger partial charge in [0.25, 0.3) is 22.9 Å². The molecule has 1 saturated heterocycles. The van der Waals surface area contributed by atoms with Crippen molar-refractivity contribution in [1.29, 1.82) is 0 Å². The van der Waals surface area contributed by atoms with Crippen LogP contribution < -0.4 is 25.9 Å². The Kier molecular flexibility index (Phi) is 29.0. The quantitative estimate of drug-likeness (QED) is 0.0195. The second-order valence-corrected chi connectivity index (χ2v) is 38.7. The number of phenolic OH excluding ortho intramolecular Hbond substituents is 5. The highest BCUT2D eigenvalue weighted by molar-refractivity contribution is 5.98. The predicted molar refractivity (Wildman–Crippen MR) is 549 cm³/mol. The molecule has 0 radical (unpaired) electrons. The molecule has 20 rings (SSSR count). The number of carboxylic acid groups (broad SMARTS) is 1. The van der Waals surface area contributed by atoms with Crippen molar-refractivity contribution < 1.29 is 102 Å². The maximum absolute atomic E-state index is 14.2. The van der Waals surface area contributed by atoms with Gasteiger partial charge in [-0.1, -0.05) is 73.4 Å². The number of phenols is 5. The second-order valence-electron chi connectivity index (χ2n) is 38.7. The van der Waals surface area contributed by atoms with Gasteiger partial charge in [0.15, 0.2) is 11.6 Å². The van der Waals surface area contributed by atoms with Gasteiger partial charge in [-0.15, -0.1) is 20.4 Å². The molecule has 11 heterocycles. The zero-order valence-corrected chi connectivity index (χ0v) is 84.4. The Morgan fingerprint density at radius 3 is 1.36 bits per heavy atom. The third-order valence-corrected chi connectivity index (χ3v) is 28.9. The second kappa shape index (κ2) is 42.3. The fraction of sp³-hybridized carbons (Fsp3) is 0.333. The SMILES string of the molecule is CCNC(=O)c1nnc(-c2cc(C(C)C)c(O)cc2O)n1-c1ccc(Oc2ccc(C(=O)N3CCC(OC(=O)CC4(CC)C(=O)OCc5c4cc4n(c5=O)Cc5c-4nc4ccc(O)cc4c5CC)CC3)cc2)cc1.CCOC(=O)c1nnc(-c2cc(C(C)C)c(O)cc2O)n1-c1ccc(Oc2ccc(C(=O)O)cc2)cc1.CCc1c2c(nc3ccc(C)cc13)-c1cc3c(c(=O)n1C2)COC(=O)C3(CC)CC(=O)OC1CCCCC1. The first kappa shape index (κ1) is 102. The van der Waals surface area contributed by atoms with E-state index in [9.17, 15) is 73.5 Å². The van der Waals surface area contributed by atoms with Gasteiger partial charge in [0.1, 0.15) is 88.0 Å². The van der Waals surface area contributed by atoms with E-state index in [4.69, 9.17) is 48.2 Å². The van der Waals surface area contributed by atoms with Crippen molar-refractivity contribution in [3.63, 3.8) is 0 Å². The molecule has 14 aromatic rings. The number of nitrogens with zero attached hydrogens (tertiary/aromatic N) is 11. The number of ether oxygens (including phenoxy) is 7. The van der Waals surface area contributed by atoms with E-state index in [-0.39, 0.29) is 149 Å². The number of fused-ring (bicyclic) bond motifs is 10. The maximum Gasteiger partial charge on any atom is 0.376 e. The number of aryl methyl sites for hydroxylation is 3. The number of pyridine rings is 4. The van der Waals surface area contributed by atoms with Gasteiger partial charge in [0.2, 0.25) is 11.6 Å². The van der Waals surface area contributed by atoms with Crippen molar-refractivity contribution in [1.82, 2.24) is 58.8 Å².